The number of pyridine rings is 1. The van der Waals surface area contributed by atoms with Crippen LogP contribution in [-0.4, -0.2) is 17.8 Å². The van der Waals surface area contributed by atoms with E-state index in [2.05, 4.69) is 9.71 Å². The molecule has 0 spiro atoms. The summed E-state index contributed by atoms with van der Waals surface area (Å²) in [6.45, 7) is 3.85. The molecule has 22 heavy (non-hydrogen) atoms. The molecule has 0 saturated heterocycles. The summed E-state index contributed by atoms with van der Waals surface area (Å²) in [5.74, 6) is 0. The molecule has 2 aromatic heterocycles. The summed E-state index contributed by atoms with van der Waals surface area (Å²) in [5.41, 5.74) is 3.15. The summed E-state index contributed by atoms with van der Waals surface area (Å²) in [6, 6.07) is 9.49. The van der Waals surface area contributed by atoms with Crippen molar-refractivity contribution in [3.8, 4) is 0 Å². The lowest BCUT2D eigenvalue weighted by Crippen LogP contribution is -2.13. The van der Waals surface area contributed by atoms with Crippen LogP contribution >= 0.6 is 11.6 Å². The second-order valence-electron chi connectivity index (χ2n) is 4.99. The minimum absolute atomic E-state index is 0.163. The molecule has 0 amide bonds. The zero-order valence-corrected chi connectivity index (χ0v) is 13.6. The Balaban J connectivity index is 1.98. The van der Waals surface area contributed by atoms with Crippen LogP contribution in [0.15, 0.2) is 47.5 Å². The van der Waals surface area contributed by atoms with Crippen LogP contribution in [-0.2, 0) is 10.0 Å². The molecule has 0 aliphatic rings. The van der Waals surface area contributed by atoms with Gasteiger partial charge in [-0.15, -0.1) is 0 Å². The third kappa shape index (κ3) is 2.67. The largest absolute Gasteiger partial charge is 0.302 e. The molecule has 0 unspecified atom stereocenters. The Bertz CT molecular complexity index is 947. The van der Waals surface area contributed by atoms with Gasteiger partial charge >= 0.3 is 0 Å². The van der Waals surface area contributed by atoms with Crippen molar-refractivity contribution >= 4 is 33.0 Å². The number of hydrogen-bond donors (Lipinski definition) is 1. The summed E-state index contributed by atoms with van der Waals surface area (Å²) in [5, 5.41) is 0.491. The third-order valence-electron chi connectivity index (χ3n) is 3.47. The van der Waals surface area contributed by atoms with Crippen molar-refractivity contribution in [3.05, 3.63) is 59.0 Å². The average Bonchev–Trinajstić information content (AvgIpc) is 2.74. The Morgan fingerprint density at radius 2 is 1.77 bits per heavy atom. The number of benzene rings is 1. The van der Waals surface area contributed by atoms with E-state index in [1.165, 1.54) is 12.1 Å². The first-order valence-electron chi connectivity index (χ1n) is 6.60. The van der Waals surface area contributed by atoms with Crippen LogP contribution in [0.25, 0.3) is 5.65 Å². The fraction of sp³-hybridized carbons (Fsp3) is 0.133. The highest BCUT2D eigenvalue weighted by atomic mass is 35.5. The van der Waals surface area contributed by atoms with E-state index < -0.39 is 10.0 Å². The molecule has 1 N–H and O–H groups in total. The van der Waals surface area contributed by atoms with E-state index in [-0.39, 0.29) is 4.90 Å². The molecule has 0 saturated carbocycles. The van der Waals surface area contributed by atoms with Crippen LogP contribution < -0.4 is 4.72 Å². The second-order valence-corrected chi connectivity index (χ2v) is 7.11. The number of aryl methyl sites for hydroxylation is 2. The van der Waals surface area contributed by atoms with E-state index >= 15 is 0 Å². The number of nitrogens with zero attached hydrogens (tertiary/aromatic N) is 2. The van der Waals surface area contributed by atoms with Crippen LogP contribution in [0.5, 0.6) is 0 Å². The lowest BCUT2D eigenvalue weighted by molar-refractivity contribution is 0.601. The molecule has 3 rings (SSSR count). The number of fused-ring (bicyclic) bond motifs is 1. The number of hydrogen-bond acceptors (Lipinski definition) is 3. The van der Waals surface area contributed by atoms with Gasteiger partial charge in [-0.2, -0.15) is 0 Å². The monoisotopic (exact) mass is 335 g/mol. The van der Waals surface area contributed by atoms with E-state index in [4.69, 9.17) is 11.6 Å². The molecule has 1 aromatic carbocycles. The lowest BCUT2D eigenvalue weighted by atomic mass is 10.4. The number of aromatic nitrogens is 2. The molecule has 0 aliphatic heterocycles. The van der Waals surface area contributed by atoms with Crippen LogP contribution in [0.4, 0.5) is 5.69 Å². The average molecular weight is 336 g/mol. The van der Waals surface area contributed by atoms with E-state index in [0.29, 0.717) is 10.7 Å². The van der Waals surface area contributed by atoms with Gasteiger partial charge < -0.3 is 4.40 Å². The molecular weight excluding hydrogens is 322 g/mol. The van der Waals surface area contributed by atoms with Crippen LogP contribution in [0.3, 0.4) is 0 Å². The van der Waals surface area contributed by atoms with Crippen molar-refractivity contribution in [1.82, 2.24) is 9.38 Å². The smallest absolute Gasteiger partial charge is 0.261 e. The van der Waals surface area contributed by atoms with E-state index in [1.54, 1.807) is 30.5 Å². The zero-order chi connectivity index (χ0) is 15.9. The van der Waals surface area contributed by atoms with Crippen LogP contribution in [0, 0.1) is 13.8 Å². The Labute approximate surface area is 133 Å². The van der Waals surface area contributed by atoms with Gasteiger partial charge in [0.1, 0.15) is 5.65 Å². The van der Waals surface area contributed by atoms with Gasteiger partial charge in [0, 0.05) is 16.9 Å². The quantitative estimate of drug-likeness (QED) is 0.797. The highest BCUT2D eigenvalue weighted by Gasteiger charge is 2.15. The van der Waals surface area contributed by atoms with Crippen molar-refractivity contribution in [2.45, 2.75) is 18.7 Å². The van der Waals surface area contributed by atoms with Gasteiger partial charge in [0.15, 0.2) is 0 Å². The molecule has 7 heteroatoms. The van der Waals surface area contributed by atoms with Crippen molar-refractivity contribution in [2.24, 2.45) is 0 Å². The first-order chi connectivity index (χ1) is 10.4. The van der Waals surface area contributed by atoms with Crippen molar-refractivity contribution in [1.29, 1.82) is 0 Å². The maximum absolute atomic E-state index is 12.4. The van der Waals surface area contributed by atoms with E-state index in [1.807, 2.05) is 18.2 Å². The molecule has 5 nitrogen and oxygen atoms in total. The molecule has 0 aliphatic carbocycles. The number of imidazole rings is 1. The first-order valence-corrected chi connectivity index (χ1v) is 8.47. The number of rotatable bonds is 3. The molecule has 0 bridgehead atoms. The summed E-state index contributed by atoms with van der Waals surface area (Å²) >= 11 is 5.78. The SMILES string of the molecule is Cc1nc2ccc(NS(=O)(=O)c3ccc(Cl)cc3)cn2c1C. The van der Waals surface area contributed by atoms with Crippen molar-refractivity contribution in [2.75, 3.05) is 4.72 Å². The predicted molar refractivity (Wildman–Crippen MR) is 86.9 cm³/mol. The number of nitrogens with one attached hydrogen (secondary N) is 1. The third-order valence-corrected chi connectivity index (χ3v) is 5.12. The van der Waals surface area contributed by atoms with Crippen molar-refractivity contribution < 1.29 is 8.42 Å². The van der Waals surface area contributed by atoms with Gasteiger partial charge in [0.05, 0.1) is 16.3 Å². The van der Waals surface area contributed by atoms with Gasteiger partial charge in [-0.05, 0) is 50.2 Å². The van der Waals surface area contributed by atoms with Gasteiger partial charge in [0.25, 0.3) is 10.0 Å². The second kappa shape index (κ2) is 5.30. The summed E-state index contributed by atoms with van der Waals surface area (Å²) in [7, 11) is -3.65. The lowest BCUT2D eigenvalue weighted by Gasteiger charge is -2.09. The topological polar surface area (TPSA) is 63.5 Å². The molecule has 0 atom stereocenters. The van der Waals surface area contributed by atoms with Crippen LogP contribution in [0.1, 0.15) is 11.4 Å². The Hall–Kier alpha value is -2.05. The fourth-order valence-corrected chi connectivity index (χ4v) is 3.34. The summed E-state index contributed by atoms with van der Waals surface area (Å²) in [6.07, 6.45) is 1.72. The fourth-order valence-electron chi connectivity index (χ4n) is 2.17. The maximum Gasteiger partial charge on any atom is 0.261 e. The van der Waals surface area contributed by atoms with Crippen molar-refractivity contribution in [3.63, 3.8) is 0 Å². The molecule has 114 valence electrons. The van der Waals surface area contributed by atoms with Gasteiger partial charge in [-0.25, -0.2) is 13.4 Å². The van der Waals surface area contributed by atoms with E-state index in [9.17, 15) is 8.42 Å². The number of anilines is 1. The summed E-state index contributed by atoms with van der Waals surface area (Å²) < 4.78 is 29.1. The molecular formula is C15H14ClN3O2S. The van der Waals surface area contributed by atoms with E-state index in [0.717, 1.165) is 17.0 Å². The Kier molecular flexibility index (Phi) is 3.58. The van der Waals surface area contributed by atoms with Gasteiger partial charge in [-0.1, -0.05) is 11.6 Å². The molecule has 0 fully saturated rings. The van der Waals surface area contributed by atoms with Gasteiger partial charge in [0.2, 0.25) is 0 Å². The zero-order valence-electron chi connectivity index (χ0n) is 12.0. The Morgan fingerprint density at radius 1 is 1.09 bits per heavy atom. The first kappa shape index (κ1) is 14.9. The minimum Gasteiger partial charge on any atom is -0.302 e. The number of sulfonamides is 1. The summed E-state index contributed by atoms with van der Waals surface area (Å²) in [4.78, 5) is 4.55. The highest BCUT2D eigenvalue weighted by Crippen LogP contribution is 2.20. The van der Waals surface area contributed by atoms with Crippen LogP contribution in [0.2, 0.25) is 5.02 Å². The maximum atomic E-state index is 12.4. The van der Waals surface area contributed by atoms with Gasteiger partial charge in [-0.3, -0.25) is 4.72 Å². The molecule has 2 heterocycles. The molecule has 3 aromatic rings. The standard InChI is InChI=1S/C15H14ClN3O2S/c1-10-11(2)19-9-13(5-8-15(19)17-10)18-22(20,21)14-6-3-12(16)4-7-14/h3-9,18H,1-2H3. The molecule has 0 radical (unpaired) electrons. The highest BCUT2D eigenvalue weighted by molar-refractivity contribution is 7.92. The number of halogens is 1. The Morgan fingerprint density at radius 3 is 2.45 bits per heavy atom. The predicted octanol–water partition coefficient (Wildman–Crippen LogP) is 3.41. The minimum atomic E-state index is -3.65. The normalized spacial score (nSPS) is 11.8.